The average molecular weight is 355 g/mol. The molecule has 2 aromatic rings. The second-order valence-electron chi connectivity index (χ2n) is 7.24. The van der Waals surface area contributed by atoms with Crippen LogP contribution < -0.4 is 5.32 Å². The Balaban J connectivity index is 1.43. The number of hydrogen-bond acceptors (Lipinski definition) is 4. The Kier molecular flexibility index (Phi) is 6.06. The van der Waals surface area contributed by atoms with E-state index in [2.05, 4.69) is 57.6 Å². The zero-order valence-corrected chi connectivity index (χ0v) is 16.0. The molecular formula is C20H29N5O. The van der Waals surface area contributed by atoms with Gasteiger partial charge in [-0.3, -0.25) is 14.6 Å². The van der Waals surface area contributed by atoms with Crippen LogP contribution in [0.4, 0.5) is 5.69 Å². The molecule has 0 bridgehead atoms. The molecule has 1 aromatic heterocycles. The highest BCUT2D eigenvalue weighted by molar-refractivity contribution is 5.93. The van der Waals surface area contributed by atoms with Crippen molar-refractivity contribution >= 4 is 11.6 Å². The monoisotopic (exact) mass is 355 g/mol. The predicted octanol–water partition coefficient (Wildman–Crippen LogP) is 2.06. The number of aromatic nitrogens is 2. The smallest absolute Gasteiger partial charge is 0.238 e. The summed E-state index contributed by atoms with van der Waals surface area (Å²) in [7, 11) is 0. The third kappa shape index (κ3) is 4.93. The number of anilines is 1. The van der Waals surface area contributed by atoms with Crippen molar-refractivity contribution in [3.8, 4) is 0 Å². The van der Waals surface area contributed by atoms with Gasteiger partial charge in [0.25, 0.3) is 0 Å². The van der Waals surface area contributed by atoms with Crippen molar-refractivity contribution in [1.82, 2.24) is 19.4 Å². The van der Waals surface area contributed by atoms with Gasteiger partial charge in [-0.05, 0) is 31.9 Å². The highest BCUT2D eigenvalue weighted by Crippen LogP contribution is 2.21. The Morgan fingerprint density at radius 3 is 2.31 bits per heavy atom. The van der Waals surface area contributed by atoms with Crippen molar-refractivity contribution in [2.24, 2.45) is 0 Å². The molecule has 1 aromatic carbocycles. The van der Waals surface area contributed by atoms with Gasteiger partial charge in [0.1, 0.15) is 0 Å². The third-order valence-corrected chi connectivity index (χ3v) is 5.01. The van der Waals surface area contributed by atoms with Crippen molar-refractivity contribution in [3.05, 3.63) is 47.5 Å². The molecular weight excluding hydrogens is 326 g/mol. The van der Waals surface area contributed by atoms with Gasteiger partial charge >= 0.3 is 0 Å². The fraction of sp³-hybridized carbons (Fsp3) is 0.500. The average Bonchev–Trinajstić information content (AvgIpc) is 3.11. The number of rotatable bonds is 6. The third-order valence-electron chi connectivity index (χ3n) is 5.01. The van der Waals surface area contributed by atoms with Crippen LogP contribution in [-0.2, 0) is 11.3 Å². The molecule has 1 aliphatic rings. The lowest BCUT2D eigenvalue weighted by Crippen LogP contribution is -2.49. The van der Waals surface area contributed by atoms with Crippen LogP contribution in [0.15, 0.2) is 30.9 Å². The molecule has 1 saturated heterocycles. The van der Waals surface area contributed by atoms with Crippen molar-refractivity contribution in [1.29, 1.82) is 0 Å². The van der Waals surface area contributed by atoms with E-state index in [0.717, 1.165) is 56.1 Å². The van der Waals surface area contributed by atoms with Crippen molar-refractivity contribution in [2.45, 2.75) is 27.3 Å². The molecule has 0 atom stereocenters. The maximum Gasteiger partial charge on any atom is 0.238 e. The molecule has 1 fully saturated rings. The van der Waals surface area contributed by atoms with Gasteiger partial charge in [-0.15, -0.1) is 0 Å². The fourth-order valence-electron chi connectivity index (χ4n) is 3.61. The largest absolute Gasteiger partial charge is 0.336 e. The number of carbonyl (C=O) groups is 1. The van der Waals surface area contributed by atoms with Gasteiger partial charge in [-0.25, -0.2) is 4.98 Å². The highest BCUT2D eigenvalue weighted by Gasteiger charge is 2.19. The van der Waals surface area contributed by atoms with Crippen molar-refractivity contribution < 1.29 is 4.79 Å². The molecule has 1 aliphatic heterocycles. The van der Waals surface area contributed by atoms with Crippen LogP contribution in [0.3, 0.4) is 0 Å². The Morgan fingerprint density at radius 2 is 1.69 bits per heavy atom. The predicted molar refractivity (Wildman–Crippen MR) is 104 cm³/mol. The van der Waals surface area contributed by atoms with E-state index in [9.17, 15) is 4.79 Å². The molecule has 2 heterocycles. The molecule has 1 amide bonds. The topological polar surface area (TPSA) is 53.4 Å². The number of nitrogens with zero attached hydrogens (tertiary/aromatic N) is 4. The number of piperazine rings is 1. The lowest BCUT2D eigenvalue weighted by molar-refractivity contribution is -0.117. The number of benzene rings is 1. The van der Waals surface area contributed by atoms with Crippen LogP contribution in [0.5, 0.6) is 0 Å². The minimum atomic E-state index is 0.0759. The first-order chi connectivity index (χ1) is 12.5. The zero-order valence-electron chi connectivity index (χ0n) is 16.0. The van der Waals surface area contributed by atoms with E-state index in [1.165, 1.54) is 5.56 Å². The Morgan fingerprint density at radius 1 is 1.04 bits per heavy atom. The van der Waals surface area contributed by atoms with E-state index in [1.54, 1.807) is 0 Å². The van der Waals surface area contributed by atoms with Gasteiger partial charge in [-0.1, -0.05) is 17.7 Å². The van der Waals surface area contributed by atoms with Gasteiger partial charge in [0.2, 0.25) is 5.91 Å². The van der Waals surface area contributed by atoms with E-state index in [4.69, 9.17) is 0 Å². The van der Waals surface area contributed by atoms with Crippen molar-refractivity contribution in [3.63, 3.8) is 0 Å². The SMILES string of the molecule is Cc1cc(C)c(NC(=O)CN2CCN(CCn3ccnc3)CC2)c(C)c1. The highest BCUT2D eigenvalue weighted by atomic mass is 16.2. The Bertz CT molecular complexity index is 710. The number of aryl methyl sites for hydroxylation is 3. The first-order valence-electron chi connectivity index (χ1n) is 9.29. The summed E-state index contributed by atoms with van der Waals surface area (Å²) >= 11 is 0. The van der Waals surface area contributed by atoms with Crippen LogP contribution in [0.2, 0.25) is 0 Å². The maximum absolute atomic E-state index is 12.5. The van der Waals surface area contributed by atoms with E-state index in [0.29, 0.717) is 6.54 Å². The van der Waals surface area contributed by atoms with Gasteiger partial charge in [0, 0.05) is 57.3 Å². The number of amides is 1. The lowest BCUT2D eigenvalue weighted by Gasteiger charge is -2.34. The fourth-order valence-corrected chi connectivity index (χ4v) is 3.61. The maximum atomic E-state index is 12.5. The molecule has 140 valence electrons. The quantitative estimate of drug-likeness (QED) is 0.862. The molecule has 0 unspecified atom stereocenters. The normalized spacial score (nSPS) is 16.0. The zero-order chi connectivity index (χ0) is 18.5. The number of nitrogens with one attached hydrogen (secondary N) is 1. The number of imidazole rings is 1. The first-order valence-corrected chi connectivity index (χ1v) is 9.29. The van der Waals surface area contributed by atoms with Gasteiger partial charge in [0.15, 0.2) is 0 Å². The van der Waals surface area contributed by atoms with Crippen LogP contribution in [0.25, 0.3) is 0 Å². The van der Waals surface area contributed by atoms with E-state index in [1.807, 2.05) is 18.7 Å². The summed E-state index contributed by atoms with van der Waals surface area (Å²) in [5.41, 5.74) is 4.43. The Labute approximate surface area is 155 Å². The number of carbonyl (C=O) groups excluding carboxylic acids is 1. The molecule has 1 N–H and O–H groups in total. The molecule has 3 rings (SSSR count). The second-order valence-corrected chi connectivity index (χ2v) is 7.24. The van der Waals surface area contributed by atoms with E-state index in [-0.39, 0.29) is 5.91 Å². The molecule has 0 aliphatic carbocycles. The summed E-state index contributed by atoms with van der Waals surface area (Å²) in [5, 5.41) is 3.10. The molecule has 0 radical (unpaired) electrons. The molecule has 26 heavy (non-hydrogen) atoms. The Hall–Kier alpha value is -2.18. The standard InChI is InChI=1S/C20H29N5O/c1-16-12-17(2)20(18(3)13-16)22-19(26)14-24-9-6-23(7-10-24)8-11-25-5-4-21-15-25/h4-5,12-13,15H,6-11,14H2,1-3H3,(H,22,26). The van der Waals surface area contributed by atoms with Crippen LogP contribution >= 0.6 is 0 Å². The van der Waals surface area contributed by atoms with E-state index >= 15 is 0 Å². The summed E-state index contributed by atoms with van der Waals surface area (Å²) in [4.78, 5) is 21.2. The minimum absolute atomic E-state index is 0.0759. The van der Waals surface area contributed by atoms with Gasteiger partial charge in [-0.2, -0.15) is 0 Å². The molecule has 6 heteroatoms. The summed E-state index contributed by atoms with van der Waals surface area (Å²) in [6.07, 6.45) is 5.67. The lowest BCUT2D eigenvalue weighted by atomic mass is 10.1. The molecule has 6 nitrogen and oxygen atoms in total. The summed E-state index contributed by atoms with van der Waals surface area (Å²) < 4.78 is 2.10. The number of hydrogen-bond donors (Lipinski definition) is 1. The molecule has 0 saturated carbocycles. The summed E-state index contributed by atoms with van der Waals surface area (Å²) in [6.45, 7) is 12.5. The van der Waals surface area contributed by atoms with Gasteiger partial charge < -0.3 is 9.88 Å². The van der Waals surface area contributed by atoms with E-state index < -0.39 is 0 Å². The van der Waals surface area contributed by atoms with Crippen LogP contribution in [0, 0.1) is 20.8 Å². The van der Waals surface area contributed by atoms with Crippen LogP contribution in [-0.4, -0.2) is 64.5 Å². The molecule has 0 spiro atoms. The second kappa shape index (κ2) is 8.47. The minimum Gasteiger partial charge on any atom is -0.336 e. The first kappa shape index (κ1) is 18.6. The summed E-state index contributed by atoms with van der Waals surface area (Å²) in [5.74, 6) is 0.0759. The van der Waals surface area contributed by atoms with Crippen molar-refractivity contribution in [2.75, 3.05) is 44.6 Å². The van der Waals surface area contributed by atoms with Crippen LogP contribution in [0.1, 0.15) is 16.7 Å². The van der Waals surface area contributed by atoms with Gasteiger partial charge in [0.05, 0.1) is 12.9 Å². The summed E-state index contributed by atoms with van der Waals surface area (Å²) in [6, 6.07) is 4.23.